The van der Waals surface area contributed by atoms with Crippen LogP contribution < -0.4 is 10.6 Å². The van der Waals surface area contributed by atoms with E-state index in [4.69, 9.17) is 9.73 Å². The number of nitrogens with one attached hydrogen (secondary N) is 2. The number of piperidine rings is 1. The van der Waals surface area contributed by atoms with Gasteiger partial charge in [-0.25, -0.2) is 0 Å². The maximum atomic E-state index is 5.69. The lowest BCUT2D eigenvalue weighted by Crippen LogP contribution is -2.51. The van der Waals surface area contributed by atoms with E-state index in [1.54, 1.807) is 0 Å². The minimum absolute atomic E-state index is 0.303. The molecule has 1 aromatic rings. The smallest absolute Gasteiger partial charge is 0.191 e. The molecule has 3 atom stereocenters. The van der Waals surface area contributed by atoms with Crippen LogP contribution in [0.15, 0.2) is 35.3 Å². The fourth-order valence-electron chi connectivity index (χ4n) is 3.90. The zero-order chi connectivity index (χ0) is 18.2. The summed E-state index contributed by atoms with van der Waals surface area (Å²) in [7, 11) is 0. The molecule has 0 radical (unpaired) electrons. The number of ether oxygens (including phenoxy) is 1. The van der Waals surface area contributed by atoms with E-state index in [0.29, 0.717) is 18.2 Å². The van der Waals surface area contributed by atoms with Crippen molar-refractivity contribution in [3.05, 3.63) is 35.9 Å². The van der Waals surface area contributed by atoms with E-state index in [9.17, 15) is 0 Å². The lowest BCUT2D eigenvalue weighted by atomic mass is 9.97. The van der Waals surface area contributed by atoms with Gasteiger partial charge in [-0.3, -0.25) is 9.89 Å². The highest BCUT2D eigenvalue weighted by Crippen LogP contribution is 2.20. The summed E-state index contributed by atoms with van der Waals surface area (Å²) in [6.45, 7) is 9.17. The molecule has 0 bridgehead atoms. The van der Waals surface area contributed by atoms with Crippen LogP contribution in [0.25, 0.3) is 0 Å². The minimum atomic E-state index is 0.303. The third-order valence-corrected chi connectivity index (χ3v) is 5.40. The van der Waals surface area contributed by atoms with Gasteiger partial charge < -0.3 is 15.4 Å². The molecule has 5 nitrogen and oxygen atoms in total. The molecule has 2 saturated heterocycles. The quantitative estimate of drug-likeness (QED) is 0.606. The molecule has 0 amide bonds. The van der Waals surface area contributed by atoms with Gasteiger partial charge in [0.25, 0.3) is 0 Å². The first-order valence-corrected chi connectivity index (χ1v) is 10.2. The molecule has 144 valence electrons. The number of nitrogens with zero attached hydrogens (tertiary/aromatic N) is 2. The van der Waals surface area contributed by atoms with Crippen LogP contribution in [0, 0.1) is 0 Å². The van der Waals surface area contributed by atoms with Crippen molar-refractivity contribution < 1.29 is 4.74 Å². The SMILES string of the molecule is CCNC(=NCC1CCCO1)NC1CCN(Cc2ccccc2)C(C)C1. The van der Waals surface area contributed by atoms with Crippen LogP contribution in [0.4, 0.5) is 0 Å². The first-order chi connectivity index (χ1) is 12.7. The van der Waals surface area contributed by atoms with Gasteiger partial charge in [-0.05, 0) is 45.1 Å². The third-order valence-electron chi connectivity index (χ3n) is 5.40. The van der Waals surface area contributed by atoms with Crippen molar-refractivity contribution in [2.75, 3.05) is 26.2 Å². The standard InChI is InChI=1S/C21H34N4O/c1-3-22-21(23-15-20-10-7-13-26-20)24-19-11-12-25(17(2)14-19)16-18-8-5-4-6-9-18/h4-6,8-9,17,19-20H,3,7,10-16H2,1-2H3,(H2,22,23,24). The fraction of sp³-hybridized carbons (Fsp3) is 0.667. The summed E-state index contributed by atoms with van der Waals surface area (Å²) in [6, 6.07) is 11.8. The van der Waals surface area contributed by atoms with Crippen molar-refractivity contribution in [1.82, 2.24) is 15.5 Å². The molecular formula is C21H34N4O. The van der Waals surface area contributed by atoms with Gasteiger partial charge in [0.1, 0.15) is 0 Å². The number of hydrogen-bond donors (Lipinski definition) is 2. The Morgan fingerprint density at radius 1 is 1.27 bits per heavy atom. The average Bonchev–Trinajstić information content (AvgIpc) is 3.17. The van der Waals surface area contributed by atoms with E-state index in [1.165, 1.54) is 12.0 Å². The predicted octanol–water partition coefficient (Wildman–Crippen LogP) is 2.77. The van der Waals surface area contributed by atoms with Crippen LogP contribution in [0.2, 0.25) is 0 Å². The lowest BCUT2D eigenvalue weighted by molar-refractivity contribution is 0.117. The number of likely N-dealkylation sites (tertiary alicyclic amines) is 1. The molecule has 3 rings (SSSR count). The maximum absolute atomic E-state index is 5.69. The van der Waals surface area contributed by atoms with E-state index < -0.39 is 0 Å². The summed E-state index contributed by atoms with van der Waals surface area (Å²) >= 11 is 0. The van der Waals surface area contributed by atoms with Gasteiger partial charge in [-0.2, -0.15) is 0 Å². The summed E-state index contributed by atoms with van der Waals surface area (Å²) in [4.78, 5) is 7.34. The van der Waals surface area contributed by atoms with Crippen molar-refractivity contribution in [1.29, 1.82) is 0 Å². The largest absolute Gasteiger partial charge is 0.376 e. The second-order valence-corrected chi connectivity index (χ2v) is 7.53. The van der Waals surface area contributed by atoms with Gasteiger partial charge in [0.05, 0.1) is 12.6 Å². The van der Waals surface area contributed by atoms with Gasteiger partial charge in [-0.15, -0.1) is 0 Å². The molecule has 2 aliphatic rings. The first-order valence-electron chi connectivity index (χ1n) is 10.2. The molecule has 2 aliphatic heterocycles. The minimum Gasteiger partial charge on any atom is -0.376 e. The molecular weight excluding hydrogens is 324 g/mol. The summed E-state index contributed by atoms with van der Waals surface area (Å²) < 4.78 is 5.69. The zero-order valence-corrected chi connectivity index (χ0v) is 16.3. The van der Waals surface area contributed by atoms with Crippen LogP contribution in [0.5, 0.6) is 0 Å². The van der Waals surface area contributed by atoms with Crippen LogP contribution >= 0.6 is 0 Å². The fourth-order valence-corrected chi connectivity index (χ4v) is 3.90. The molecule has 2 heterocycles. The third kappa shape index (κ3) is 5.71. The van der Waals surface area contributed by atoms with Gasteiger partial charge in [0.2, 0.25) is 0 Å². The zero-order valence-electron chi connectivity index (χ0n) is 16.3. The highest BCUT2D eigenvalue weighted by atomic mass is 16.5. The van der Waals surface area contributed by atoms with E-state index in [-0.39, 0.29) is 0 Å². The topological polar surface area (TPSA) is 48.9 Å². The van der Waals surface area contributed by atoms with Crippen molar-refractivity contribution in [2.45, 2.75) is 64.3 Å². The van der Waals surface area contributed by atoms with Gasteiger partial charge in [-0.1, -0.05) is 30.3 Å². The summed E-state index contributed by atoms with van der Waals surface area (Å²) in [5.74, 6) is 0.941. The average molecular weight is 359 g/mol. The van der Waals surface area contributed by atoms with Crippen LogP contribution in [0.1, 0.15) is 45.1 Å². The summed E-state index contributed by atoms with van der Waals surface area (Å²) in [5, 5.41) is 7.04. The molecule has 0 aliphatic carbocycles. The van der Waals surface area contributed by atoms with E-state index in [0.717, 1.165) is 58.0 Å². The Morgan fingerprint density at radius 2 is 2.12 bits per heavy atom. The van der Waals surface area contributed by atoms with Gasteiger partial charge in [0.15, 0.2) is 5.96 Å². The number of aliphatic imine (C=N–C) groups is 1. The number of hydrogen-bond acceptors (Lipinski definition) is 3. The lowest BCUT2D eigenvalue weighted by Gasteiger charge is -2.38. The van der Waals surface area contributed by atoms with Crippen LogP contribution in [-0.2, 0) is 11.3 Å². The molecule has 0 spiro atoms. The second kappa shape index (κ2) is 9.93. The summed E-state index contributed by atoms with van der Waals surface area (Å²) in [5.41, 5.74) is 1.40. The Labute approximate surface area is 158 Å². The van der Waals surface area contributed by atoms with E-state index in [2.05, 4.69) is 59.7 Å². The highest BCUT2D eigenvalue weighted by molar-refractivity contribution is 5.80. The number of rotatable bonds is 6. The first kappa shape index (κ1) is 19.2. The Bertz CT molecular complexity index is 556. The molecule has 0 aromatic heterocycles. The van der Waals surface area contributed by atoms with E-state index in [1.807, 2.05) is 0 Å². The Hall–Kier alpha value is -1.59. The van der Waals surface area contributed by atoms with E-state index >= 15 is 0 Å². The van der Waals surface area contributed by atoms with Gasteiger partial charge >= 0.3 is 0 Å². The van der Waals surface area contributed by atoms with Crippen LogP contribution in [-0.4, -0.2) is 55.3 Å². The van der Waals surface area contributed by atoms with Crippen molar-refractivity contribution >= 4 is 5.96 Å². The molecule has 1 aromatic carbocycles. The Balaban J connectivity index is 1.49. The number of benzene rings is 1. The molecule has 5 heteroatoms. The molecule has 0 saturated carbocycles. The predicted molar refractivity (Wildman–Crippen MR) is 107 cm³/mol. The monoisotopic (exact) mass is 358 g/mol. The van der Waals surface area contributed by atoms with Gasteiger partial charge in [0, 0.05) is 38.3 Å². The summed E-state index contributed by atoms with van der Waals surface area (Å²) in [6.07, 6.45) is 4.91. The normalized spacial score (nSPS) is 27.5. The maximum Gasteiger partial charge on any atom is 0.191 e. The molecule has 2 N–H and O–H groups in total. The second-order valence-electron chi connectivity index (χ2n) is 7.53. The van der Waals surface area contributed by atoms with Crippen molar-refractivity contribution in [3.8, 4) is 0 Å². The van der Waals surface area contributed by atoms with Crippen LogP contribution in [0.3, 0.4) is 0 Å². The van der Waals surface area contributed by atoms with Crippen molar-refractivity contribution in [3.63, 3.8) is 0 Å². The highest BCUT2D eigenvalue weighted by Gasteiger charge is 2.26. The Kier molecular flexibility index (Phi) is 7.32. The molecule has 26 heavy (non-hydrogen) atoms. The van der Waals surface area contributed by atoms with Crippen molar-refractivity contribution in [2.24, 2.45) is 4.99 Å². The number of guanidine groups is 1. The molecule has 3 unspecified atom stereocenters. The Morgan fingerprint density at radius 3 is 2.81 bits per heavy atom. The molecule has 2 fully saturated rings.